The summed E-state index contributed by atoms with van der Waals surface area (Å²) in [6, 6.07) is 11.2. The summed E-state index contributed by atoms with van der Waals surface area (Å²) >= 11 is 1.10. The van der Waals surface area contributed by atoms with Gasteiger partial charge in [0, 0.05) is 0 Å². The van der Waals surface area contributed by atoms with Crippen LogP contribution in [0.3, 0.4) is 0 Å². The minimum absolute atomic E-state index is 0.164. The van der Waals surface area contributed by atoms with Crippen LogP contribution in [0.15, 0.2) is 30.3 Å². The Morgan fingerprint density at radius 1 is 0.900 bits per heavy atom. The first-order valence-electron chi connectivity index (χ1n) is 10.7. The molecule has 1 N–H and O–H groups in total. The largest absolute Gasteiger partial charge is 0.286 e. The normalized spacial score (nSPS) is 22.0. The molecule has 4 heteroatoms. The molecule has 2 amide bonds. The topological polar surface area (TPSA) is 46.2 Å². The summed E-state index contributed by atoms with van der Waals surface area (Å²) in [5, 5.41) is 1.81. The second-order valence-electron chi connectivity index (χ2n) is 10.2. The zero-order chi connectivity index (χ0) is 21.8. The van der Waals surface area contributed by atoms with Crippen molar-refractivity contribution in [3.63, 3.8) is 0 Å². The SMILES string of the molecule is Cc1ccc(CC2SC(=O)NC2=O)cc1-c1cc2c(cc1C)C(C)(C)CCC2(C)C. The molecule has 1 saturated heterocycles. The van der Waals surface area contributed by atoms with Gasteiger partial charge in [-0.2, -0.15) is 0 Å². The van der Waals surface area contributed by atoms with Gasteiger partial charge in [-0.15, -0.1) is 0 Å². The van der Waals surface area contributed by atoms with E-state index in [0.717, 1.165) is 17.3 Å². The number of benzene rings is 2. The van der Waals surface area contributed by atoms with Crippen molar-refractivity contribution in [2.45, 2.75) is 76.9 Å². The number of carbonyl (C=O) groups excluding carboxylic acids is 2. The number of hydrogen-bond donors (Lipinski definition) is 1. The molecule has 1 unspecified atom stereocenters. The summed E-state index contributed by atoms with van der Waals surface area (Å²) in [6.07, 6.45) is 2.97. The molecular formula is C26H31NO2S. The van der Waals surface area contributed by atoms with Crippen LogP contribution in [-0.4, -0.2) is 16.4 Å². The third-order valence-electron chi connectivity index (χ3n) is 6.98. The van der Waals surface area contributed by atoms with Crippen LogP contribution in [0.1, 0.15) is 68.4 Å². The number of amides is 2. The molecule has 2 aromatic rings. The van der Waals surface area contributed by atoms with Gasteiger partial charge >= 0.3 is 0 Å². The van der Waals surface area contributed by atoms with Crippen LogP contribution in [-0.2, 0) is 22.0 Å². The van der Waals surface area contributed by atoms with Crippen LogP contribution in [0.4, 0.5) is 4.79 Å². The first-order valence-corrected chi connectivity index (χ1v) is 11.6. The number of fused-ring (bicyclic) bond motifs is 1. The summed E-state index contributed by atoms with van der Waals surface area (Å²) in [5.41, 5.74) is 9.42. The molecular weight excluding hydrogens is 390 g/mol. The van der Waals surface area contributed by atoms with Crippen molar-refractivity contribution in [1.82, 2.24) is 5.32 Å². The fourth-order valence-corrected chi connectivity index (χ4v) is 5.70. The van der Waals surface area contributed by atoms with Crippen LogP contribution in [0.2, 0.25) is 0 Å². The Kier molecular flexibility index (Phi) is 5.13. The van der Waals surface area contributed by atoms with E-state index in [-0.39, 0.29) is 27.2 Å². The van der Waals surface area contributed by atoms with Crippen LogP contribution < -0.4 is 5.32 Å². The first kappa shape index (κ1) is 21.2. The third-order valence-corrected chi connectivity index (χ3v) is 7.96. The smallest absolute Gasteiger partial charge is 0.286 e. The minimum Gasteiger partial charge on any atom is -0.286 e. The Balaban J connectivity index is 1.77. The predicted molar refractivity (Wildman–Crippen MR) is 125 cm³/mol. The molecule has 1 heterocycles. The van der Waals surface area contributed by atoms with Gasteiger partial charge in [0.05, 0.1) is 5.25 Å². The van der Waals surface area contributed by atoms with E-state index in [0.29, 0.717) is 6.42 Å². The minimum atomic E-state index is -0.336. The van der Waals surface area contributed by atoms with Gasteiger partial charge < -0.3 is 0 Å². The number of aryl methyl sites for hydroxylation is 2. The lowest BCUT2D eigenvalue weighted by Crippen LogP contribution is -2.34. The van der Waals surface area contributed by atoms with Gasteiger partial charge in [-0.05, 0) is 82.9 Å². The quantitative estimate of drug-likeness (QED) is 0.640. The molecule has 1 fully saturated rings. The van der Waals surface area contributed by atoms with Gasteiger partial charge in [0.2, 0.25) is 5.91 Å². The molecule has 158 valence electrons. The molecule has 0 aromatic heterocycles. The van der Waals surface area contributed by atoms with E-state index in [1.54, 1.807) is 0 Å². The number of thioether (sulfide) groups is 1. The number of nitrogens with one attached hydrogen (secondary N) is 1. The average molecular weight is 422 g/mol. The van der Waals surface area contributed by atoms with Crippen LogP contribution >= 0.6 is 11.8 Å². The Morgan fingerprint density at radius 2 is 1.50 bits per heavy atom. The van der Waals surface area contributed by atoms with Crippen molar-refractivity contribution in [1.29, 1.82) is 0 Å². The van der Waals surface area contributed by atoms with Crippen molar-refractivity contribution < 1.29 is 9.59 Å². The van der Waals surface area contributed by atoms with Crippen LogP contribution in [0, 0.1) is 13.8 Å². The molecule has 0 radical (unpaired) electrons. The number of imide groups is 1. The molecule has 0 spiro atoms. The number of rotatable bonds is 3. The lowest BCUT2D eigenvalue weighted by molar-refractivity contribution is -0.118. The zero-order valence-electron chi connectivity index (χ0n) is 18.8. The van der Waals surface area contributed by atoms with Crippen molar-refractivity contribution in [2.75, 3.05) is 0 Å². The average Bonchev–Trinajstić information content (AvgIpc) is 2.97. The van der Waals surface area contributed by atoms with E-state index in [1.807, 2.05) is 0 Å². The summed E-state index contributed by atoms with van der Waals surface area (Å²) in [4.78, 5) is 23.5. The van der Waals surface area contributed by atoms with E-state index in [9.17, 15) is 9.59 Å². The fraction of sp³-hybridized carbons (Fsp3) is 0.462. The highest BCUT2D eigenvalue weighted by atomic mass is 32.2. The second kappa shape index (κ2) is 7.26. The van der Waals surface area contributed by atoms with E-state index in [1.165, 1.54) is 46.2 Å². The maximum Gasteiger partial charge on any atom is 0.286 e. The first-order chi connectivity index (χ1) is 14.0. The van der Waals surface area contributed by atoms with Gasteiger partial charge in [0.1, 0.15) is 0 Å². The molecule has 0 saturated carbocycles. The van der Waals surface area contributed by atoms with Gasteiger partial charge in [-0.1, -0.05) is 69.8 Å². The van der Waals surface area contributed by atoms with E-state index in [2.05, 4.69) is 77.2 Å². The molecule has 1 aliphatic carbocycles. The predicted octanol–water partition coefficient (Wildman–Crippen LogP) is 6.21. The van der Waals surface area contributed by atoms with Crippen molar-refractivity contribution in [3.8, 4) is 11.1 Å². The molecule has 2 aromatic carbocycles. The van der Waals surface area contributed by atoms with E-state index in [4.69, 9.17) is 0 Å². The fourth-order valence-electron chi connectivity index (χ4n) is 4.84. The molecule has 3 nitrogen and oxygen atoms in total. The Morgan fingerprint density at radius 3 is 2.10 bits per heavy atom. The molecule has 2 aliphatic rings. The number of hydrogen-bond acceptors (Lipinski definition) is 3. The van der Waals surface area contributed by atoms with Gasteiger partial charge in [-0.3, -0.25) is 14.9 Å². The van der Waals surface area contributed by atoms with Gasteiger partial charge in [0.25, 0.3) is 5.24 Å². The van der Waals surface area contributed by atoms with E-state index >= 15 is 0 Å². The van der Waals surface area contributed by atoms with E-state index < -0.39 is 0 Å². The number of carbonyl (C=O) groups is 2. The summed E-state index contributed by atoms with van der Waals surface area (Å²) in [7, 11) is 0. The van der Waals surface area contributed by atoms with Gasteiger partial charge in [0.15, 0.2) is 0 Å². The summed E-state index contributed by atoms with van der Waals surface area (Å²) < 4.78 is 0. The standard InChI is InChI=1S/C26H31NO2S/c1-15-7-8-17(13-22-23(28)27-24(29)30-22)12-18(15)19-14-21-20(11-16(19)2)25(3,4)9-10-26(21,5)6/h7-8,11-12,14,22H,9-10,13H2,1-6H3,(H,27,28,29). The Hall–Kier alpha value is -2.07. The Labute approximate surface area is 184 Å². The third kappa shape index (κ3) is 3.71. The van der Waals surface area contributed by atoms with Crippen LogP contribution in [0.5, 0.6) is 0 Å². The lowest BCUT2D eigenvalue weighted by atomic mass is 9.62. The molecule has 30 heavy (non-hydrogen) atoms. The van der Waals surface area contributed by atoms with Crippen LogP contribution in [0.25, 0.3) is 11.1 Å². The second-order valence-corrected chi connectivity index (χ2v) is 11.4. The Bertz CT molecular complexity index is 1050. The summed E-state index contributed by atoms with van der Waals surface area (Å²) in [5.74, 6) is -0.180. The maximum absolute atomic E-state index is 12.0. The molecule has 0 bridgehead atoms. The van der Waals surface area contributed by atoms with Crippen molar-refractivity contribution >= 4 is 22.9 Å². The lowest BCUT2D eigenvalue weighted by Gasteiger charge is -2.42. The summed E-state index contributed by atoms with van der Waals surface area (Å²) in [6.45, 7) is 13.8. The molecule has 4 rings (SSSR count). The monoisotopic (exact) mass is 421 g/mol. The highest BCUT2D eigenvalue weighted by Crippen LogP contribution is 2.48. The molecule has 1 atom stereocenters. The van der Waals surface area contributed by atoms with Gasteiger partial charge in [-0.25, -0.2) is 0 Å². The zero-order valence-corrected chi connectivity index (χ0v) is 19.6. The van der Waals surface area contributed by atoms with Crippen molar-refractivity contribution in [3.05, 3.63) is 58.1 Å². The highest BCUT2D eigenvalue weighted by molar-refractivity contribution is 8.15. The maximum atomic E-state index is 12.0. The van der Waals surface area contributed by atoms with Crippen molar-refractivity contribution in [2.24, 2.45) is 0 Å². The molecule has 1 aliphatic heterocycles. The highest BCUT2D eigenvalue weighted by Gasteiger charge is 2.37.